The molecule has 9 nitrogen and oxygen atoms in total. The second kappa shape index (κ2) is 7.93. The third-order valence-corrected chi connectivity index (χ3v) is 4.73. The molecule has 2 aromatic carbocycles. The fraction of sp³-hybridized carbons (Fsp3) is 0.188. The van der Waals surface area contributed by atoms with Crippen molar-refractivity contribution in [2.24, 2.45) is 0 Å². The molecule has 0 aliphatic heterocycles. The molecular formula is C16H17N3O6S. The highest BCUT2D eigenvalue weighted by Gasteiger charge is 2.25. The molecule has 0 unspecified atom stereocenters. The van der Waals surface area contributed by atoms with Gasteiger partial charge in [0.2, 0.25) is 0 Å². The highest BCUT2D eigenvalue weighted by Crippen LogP contribution is 2.23. The molecule has 0 atom stereocenters. The third-order valence-electron chi connectivity index (χ3n) is 3.43. The first-order valence-electron chi connectivity index (χ1n) is 7.45. The number of nitro benzene ring substituents is 1. The number of para-hydroxylation sites is 2. The third kappa shape index (κ3) is 4.55. The van der Waals surface area contributed by atoms with Crippen LogP contribution in [0.4, 0.5) is 5.69 Å². The summed E-state index contributed by atoms with van der Waals surface area (Å²) in [5.41, 5.74) is 3.04. The summed E-state index contributed by atoms with van der Waals surface area (Å²) in [5, 5.41) is 10.9. The van der Waals surface area contributed by atoms with Crippen molar-refractivity contribution in [3.8, 4) is 5.75 Å². The number of hydrogen-bond donors (Lipinski definition) is 2. The first-order valence-corrected chi connectivity index (χ1v) is 8.94. The number of nitrogens with one attached hydrogen (secondary N) is 2. The zero-order valence-corrected chi connectivity index (χ0v) is 14.9. The lowest BCUT2D eigenvalue weighted by Crippen LogP contribution is -2.43. The Morgan fingerprint density at radius 1 is 1.12 bits per heavy atom. The van der Waals surface area contributed by atoms with Gasteiger partial charge in [0.05, 0.1) is 4.92 Å². The van der Waals surface area contributed by atoms with Crippen LogP contribution in [0, 0.1) is 24.0 Å². The van der Waals surface area contributed by atoms with E-state index in [4.69, 9.17) is 4.74 Å². The van der Waals surface area contributed by atoms with Gasteiger partial charge in [-0.25, -0.2) is 8.42 Å². The minimum absolute atomic E-state index is 0.425. The number of amides is 1. The summed E-state index contributed by atoms with van der Waals surface area (Å²) in [6.45, 7) is 3.21. The summed E-state index contributed by atoms with van der Waals surface area (Å²) < 4.78 is 29.8. The Morgan fingerprint density at radius 3 is 2.35 bits per heavy atom. The molecule has 0 heterocycles. The van der Waals surface area contributed by atoms with Gasteiger partial charge in [0.1, 0.15) is 5.75 Å². The van der Waals surface area contributed by atoms with Gasteiger partial charge in [-0.05, 0) is 31.0 Å². The van der Waals surface area contributed by atoms with Crippen molar-refractivity contribution in [2.45, 2.75) is 18.7 Å². The maximum atomic E-state index is 12.2. The van der Waals surface area contributed by atoms with E-state index in [-0.39, 0.29) is 0 Å². The monoisotopic (exact) mass is 379 g/mol. The molecule has 0 radical (unpaired) electrons. The first-order chi connectivity index (χ1) is 12.2. The number of nitrogens with zero attached hydrogens (tertiary/aromatic N) is 1. The van der Waals surface area contributed by atoms with Gasteiger partial charge in [0.15, 0.2) is 11.5 Å². The van der Waals surface area contributed by atoms with Crippen molar-refractivity contribution in [3.05, 3.63) is 63.7 Å². The minimum atomic E-state index is -4.31. The van der Waals surface area contributed by atoms with Gasteiger partial charge < -0.3 is 4.74 Å². The number of hydrazine groups is 1. The van der Waals surface area contributed by atoms with Gasteiger partial charge in [-0.3, -0.25) is 20.3 Å². The Kier molecular flexibility index (Phi) is 5.90. The molecule has 26 heavy (non-hydrogen) atoms. The van der Waals surface area contributed by atoms with E-state index in [1.54, 1.807) is 0 Å². The lowest BCUT2D eigenvalue weighted by Gasteiger charge is -2.12. The van der Waals surface area contributed by atoms with Crippen LogP contribution >= 0.6 is 0 Å². The molecule has 2 N–H and O–H groups in total. The summed E-state index contributed by atoms with van der Waals surface area (Å²) in [5.74, 6) is -0.223. The highest BCUT2D eigenvalue weighted by molar-refractivity contribution is 7.89. The zero-order valence-electron chi connectivity index (χ0n) is 14.1. The van der Waals surface area contributed by atoms with Crippen molar-refractivity contribution >= 4 is 21.6 Å². The average Bonchev–Trinajstić information content (AvgIpc) is 2.59. The van der Waals surface area contributed by atoms with E-state index in [2.05, 4.69) is 0 Å². The Bertz CT molecular complexity index is 923. The van der Waals surface area contributed by atoms with Crippen LogP contribution in [-0.2, 0) is 14.8 Å². The Balaban J connectivity index is 2.02. The van der Waals surface area contributed by atoms with Gasteiger partial charge in [-0.15, -0.1) is 4.83 Å². The second-order valence-corrected chi connectivity index (χ2v) is 7.04. The lowest BCUT2D eigenvalue weighted by molar-refractivity contribution is -0.387. The van der Waals surface area contributed by atoms with E-state index in [1.165, 1.54) is 12.1 Å². The molecule has 0 aliphatic rings. The summed E-state index contributed by atoms with van der Waals surface area (Å²) in [4.78, 5) is 23.2. The van der Waals surface area contributed by atoms with Gasteiger partial charge >= 0.3 is 0 Å². The summed E-state index contributed by atoms with van der Waals surface area (Å²) in [6, 6.07) is 10.3. The van der Waals surface area contributed by atoms with E-state index in [0.29, 0.717) is 5.75 Å². The van der Waals surface area contributed by atoms with E-state index < -0.39 is 38.0 Å². The van der Waals surface area contributed by atoms with Gasteiger partial charge in [-0.1, -0.05) is 30.3 Å². The normalized spacial score (nSPS) is 11.0. The molecule has 0 saturated heterocycles. The molecule has 2 aromatic rings. The van der Waals surface area contributed by atoms with E-state index in [0.717, 1.165) is 23.3 Å². The molecule has 0 saturated carbocycles. The largest absolute Gasteiger partial charge is 0.483 e. The summed E-state index contributed by atoms with van der Waals surface area (Å²) in [7, 11) is -4.31. The Labute approximate surface area is 150 Å². The van der Waals surface area contributed by atoms with Gasteiger partial charge in [0.25, 0.3) is 21.6 Å². The number of ether oxygens (including phenoxy) is 1. The van der Waals surface area contributed by atoms with Crippen molar-refractivity contribution < 1.29 is 22.9 Å². The van der Waals surface area contributed by atoms with Crippen LogP contribution in [0.3, 0.4) is 0 Å². The maximum Gasteiger partial charge on any atom is 0.289 e. The molecule has 0 spiro atoms. The van der Waals surface area contributed by atoms with E-state index in [1.807, 2.05) is 42.3 Å². The van der Waals surface area contributed by atoms with E-state index >= 15 is 0 Å². The number of carbonyl (C=O) groups excluding carboxylic acids is 1. The number of rotatable bonds is 7. The van der Waals surface area contributed by atoms with Crippen LogP contribution in [0.15, 0.2) is 47.4 Å². The Morgan fingerprint density at radius 2 is 1.73 bits per heavy atom. The SMILES string of the molecule is Cc1cccc(C)c1OCC(=O)NNS(=O)(=O)c1ccccc1[N+](=O)[O-]. The highest BCUT2D eigenvalue weighted by atomic mass is 32.2. The lowest BCUT2D eigenvalue weighted by atomic mass is 10.1. The standard InChI is InChI=1S/C16H17N3O6S/c1-11-6-5-7-12(2)16(11)25-10-15(20)17-18-26(23,24)14-9-4-3-8-13(14)19(21)22/h3-9,18H,10H2,1-2H3,(H,17,20). The molecule has 0 aromatic heterocycles. The zero-order chi connectivity index (χ0) is 19.3. The van der Waals surface area contributed by atoms with Crippen LogP contribution in [0.25, 0.3) is 0 Å². The number of nitro groups is 1. The molecule has 0 aliphatic carbocycles. The number of hydrogen-bond acceptors (Lipinski definition) is 6. The second-order valence-electron chi connectivity index (χ2n) is 5.39. The molecule has 138 valence electrons. The molecule has 0 fully saturated rings. The molecule has 1 amide bonds. The number of carbonyl (C=O) groups is 1. The fourth-order valence-electron chi connectivity index (χ4n) is 2.21. The quantitative estimate of drug-likeness (QED) is 0.555. The maximum absolute atomic E-state index is 12.2. The number of benzene rings is 2. The van der Waals surface area contributed by atoms with Crippen LogP contribution in [0.1, 0.15) is 11.1 Å². The average molecular weight is 379 g/mol. The van der Waals surface area contributed by atoms with Crippen LogP contribution < -0.4 is 15.0 Å². The predicted molar refractivity (Wildman–Crippen MR) is 93.0 cm³/mol. The van der Waals surface area contributed by atoms with Crippen LogP contribution in [0.5, 0.6) is 5.75 Å². The number of sulfonamides is 1. The molecule has 0 bridgehead atoms. The van der Waals surface area contributed by atoms with Crippen molar-refractivity contribution in [3.63, 3.8) is 0 Å². The predicted octanol–water partition coefficient (Wildman–Crippen LogP) is 1.60. The Hall–Kier alpha value is -2.98. The van der Waals surface area contributed by atoms with Gasteiger partial charge in [-0.2, -0.15) is 0 Å². The first kappa shape index (κ1) is 19.3. The van der Waals surface area contributed by atoms with E-state index in [9.17, 15) is 23.3 Å². The summed E-state index contributed by atoms with van der Waals surface area (Å²) in [6.07, 6.45) is 0. The topological polar surface area (TPSA) is 128 Å². The molecule has 10 heteroatoms. The smallest absolute Gasteiger partial charge is 0.289 e. The van der Waals surface area contributed by atoms with Crippen LogP contribution in [0.2, 0.25) is 0 Å². The molecule has 2 rings (SSSR count). The van der Waals surface area contributed by atoms with Gasteiger partial charge in [0, 0.05) is 6.07 Å². The van der Waals surface area contributed by atoms with Crippen molar-refractivity contribution in [1.82, 2.24) is 10.3 Å². The van der Waals surface area contributed by atoms with Crippen LogP contribution in [-0.4, -0.2) is 25.9 Å². The summed E-state index contributed by atoms with van der Waals surface area (Å²) >= 11 is 0. The fourth-order valence-corrected chi connectivity index (χ4v) is 3.25. The molecular weight excluding hydrogens is 362 g/mol. The van der Waals surface area contributed by atoms with Crippen molar-refractivity contribution in [2.75, 3.05) is 6.61 Å². The minimum Gasteiger partial charge on any atom is -0.483 e. The number of aryl methyl sites for hydroxylation is 2. The van der Waals surface area contributed by atoms with Crippen molar-refractivity contribution in [1.29, 1.82) is 0 Å².